The molecule has 0 aliphatic rings. The van der Waals surface area contributed by atoms with E-state index in [-0.39, 0.29) is 14.4 Å². The highest BCUT2D eigenvalue weighted by Gasteiger charge is 2.25. The number of hydrogen-bond donors (Lipinski definition) is 1. The molecule has 7 nitrogen and oxygen atoms in total. The lowest BCUT2D eigenvalue weighted by Gasteiger charge is -2.07. The summed E-state index contributed by atoms with van der Waals surface area (Å²) in [7, 11) is -4.15. The Kier molecular flexibility index (Phi) is 4.12. The van der Waals surface area contributed by atoms with Gasteiger partial charge < -0.3 is 0 Å². The molecule has 1 aromatic carbocycles. The minimum absolute atomic E-state index is 0.0154. The third-order valence-corrected chi connectivity index (χ3v) is 5.61. The average molecular weight is 352 g/mol. The molecule has 0 saturated heterocycles. The van der Waals surface area contributed by atoms with E-state index in [1.165, 1.54) is 6.92 Å². The van der Waals surface area contributed by atoms with Gasteiger partial charge in [-0.15, -0.1) is 0 Å². The van der Waals surface area contributed by atoms with Crippen LogP contribution in [0.3, 0.4) is 0 Å². The monoisotopic (exact) mass is 351 g/mol. The molecule has 0 atom stereocenters. The van der Waals surface area contributed by atoms with E-state index in [4.69, 9.17) is 11.6 Å². The highest BCUT2D eigenvalue weighted by molar-refractivity contribution is 7.94. The highest BCUT2D eigenvalue weighted by atomic mass is 35.5. The summed E-state index contributed by atoms with van der Waals surface area (Å²) in [4.78, 5) is 13.8. The van der Waals surface area contributed by atoms with Crippen molar-refractivity contribution in [2.75, 3.05) is 4.72 Å². The summed E-state index contributed by atoms with van der Waals surface area (Å²) in [6, 6.07) is 2.47. The Morgan fingerprint density at radius 1 is 1.48 bits per heavy atom. The van der Waals surface area contributed by atoms with Gasteiger partial charge in [0.2, 0.25) is 0 Å². The number of anilines is 1. The molecule has 0 fully saturated rings. The SMILES string of the molecule is Cc1nc(Cl)sc1S(=O)(=O)Nc1cc(F)ccc1[N+](=O)[O-]. The van der Waals surface area contributed by atoms with Gasteiger partial charge in [-0.05, 0) is 13.0 Å². The topological polar surface area (TPSA) is 102 Å². The number of rotatable bonds is 4. The lowest BCUT2D eigenvalue weighted by molar-refractivity contribution is -0.383. The van der Waals surface area contributed by atoms with Crippen LogP contribution in [0.25, 0.3) is 0 Å². The number of hydrogen-bond acceptors (Lipinski definition) is 6. The molecule has 2 aromatic rings. The maximum atomic E-state index is 13.2. The molecular formula is C10H7ClFN3O4S2. The fraction of sp³-hybridized carbons (Fsp3) is 0.100. The van der Waals surface area contributed by atoms with Gasteiger partial charge in [-0.2, -0.15) is 0 Å². The van der Waals surface area contributed by atoms with Crippen LogP contribution in [-0.4, -0.2) is 18.3 Å². The van der Waals surface area contributed by atoms with Crippen molar-refractivity contribution < 1.29 is 17.7 Å². The number of nitrogens with zero attached hydrogens (tertiary/aromatic N) is 2. The fourth-order valence-corrected chi connectivity index (χ4v) is 4.35. The van der Waals surface area contributed by atoms with E-state index in [0.717, 1.165) is 18.2 Å². The van der Waals surface area contributed by atoms with E-state index < -0.39 is 32.1 Å². The first-order valence-electron chi connectivity index (χ1n) is 5.30. The van der Waals surface area contributed by atoms with Gasteiger partial charge in [0.25, 0.3) is 15.7 Å². The Morgan fingerprint density at radius 2 is 2.14 bits per heavy atom. The molecular weight excluding hydrogens is 345 g/mol. The largest absolute Gasteiger partial charge is 0.293 e. The minimum atomic E-state index is -4.15. The fourth-order valence-electron chi connectivity index (χ4n) is 1.54. The molecule has 0 bridgehead atoms. The predicted octanol–water partition coefficient (Wildman–Crippen LogP) is 2.95. The van der Waals surface area contributed by atoms with Gasteiger partial charge in [-0.3, -0.25) is 14.8 Å². The van der Waals surface area contributed by atoms with Gasteiger partial charge in [0, 0.05) is 12.1 Å². The van der Waals surface area contributed by atoms with Crippen LogP contribution >= 0.6 is 22.9 Å². The third kappa shape index (κ3) is 3.28. The molecule has 1 aromatic heterocycles. The normalized spacial score (nSPS) is 11.4. The van der Waals surface area contributed by atoms with Crippen molar-refractivity contribution >= 4 is 44.3 Å². The summed E-state index contributed by atoms with van der Waals surface area (Å²) in [6.45, 7) is 1.43. The van der Waals surface area contributed by atoms with Crippen LogP contribution in [0, 0.1) is 22.9 Å². The third-order valence-electron chi connectivity index (χ3n) is 2.37. The number of thiazole rings is 1. The number of sulfonamides is 1. The molecule has 1 heterocycles. The number of benzene rings is 1. The predicted molar refractivity (Wildman–Crippen MR) is 75.7 cm³/mol. The second-order valence-corrected chi connectivity index (χ2v) is 7.32. The van der Waals surface area contributed by atoms with E-state index in [2.05, 4.69) is 4.98 Å². The van der Waals surface area contributed by atoms with E-state index in [1.807, 2.05) is 4.72 Å². The summed E-state index contributed by atoms with van der Waals surface area (Å²) in [6.07, 6.45) is 0. The molecule has 112 valence electrons. The van der Waals surface area contributed by atoms with Crippen LogP contribution < -0.4 is 4.72 Å². The summed E-state index contributed by atoms with van der Waals surface area (Å²) < 4.78 is 39.3. The van der Waals surface area contributed by atoms with E-state index in [0.29, 0.717) is 11.3 Å². The molecule has 0 aliphatic carbocycles. The summed E-state index contributed by atoms with van der Waals surface area (Å²) >= 11 is 6.33. The van der Waals surface area contributed by atoms with Crippen LogP contribution in [0.15, 0.2) is 22.4 Å². The van der Waals surface area contributed by atoms with Gasteiger partial charge in [0.15, 0.2) is 8.68 Å². The second-order valence-electron chi connectivity index (χ2n) is 3.86. The van der Waals surface area contributed by atoms with Crippen LogP contribution in [0.1, 0.15) is 5.69 Å². The first-order chi connectivity index (χ1) is 9.70. The zero-order chi connectivity index (χ0) is 15.8. The van der Waals surface area contributed by atoms with E-state index >= 15 is 0 Å². The molecule has 1 N–H and O–H groups in total. The Balaban J connectivity index is 2.48. The first kappa shape index (κ1) is 15.6. The van der Waals surface area contributed by atoms with Gasteiger partial charge in [-0.25, -0.2) is 17.8 Å². The molecule has 21 heavy (non-hydrogen) atoms. The molecule has 11 heteroatoms. The lowest BCUT2D eigenvalue weighted by atomic mass is 10.3. The lowest BCUT2D eigenvalue weighted by Crippen LogP contribution is -2.14. The number of nitro benzene ring substituents is 1. The maximum absolute atomic E-state index is 13.2. The highest BCUT2D eigenvalue weighted by Crippen LogP contribution is 2.31. The Labute approximate surface area is 127 Å². The summed E-state index contributed by atoms with van der Waals surface area (Å²) in [5, 5.41) is 10.8. The van der Waals surface area contributed by atoms with Crippen molar-refractivity contribution in [3.63, 3.8) is 0 Å². The Hall–Kier alpha value is -1.78. The molecule has 0 amide bonds. The maximum Gasteiger partial charge on any atom is 0.293 e. The minimum Gasteiger partial charge on any atom is -0.272 e. The first-order valence-corrected chi connectivity index (χ1v) is 7.98. The average Bonchev–Trinajstić information content (AvgIpc) is 2.68. The van der Waals surface area contributed by atoms with Crippen LogP contribution in [0.5, 0.6) is 0 Å². The van der Waals surface area contributed by atoms with Gasteiger partial charge >= 0.3 is 0 Å². The zero-order valence-corrected chi connectivity index (χ0v) is 12.7. The quantitative estimate of drug-likeness (QED) is 0.673. The molecule has 0 radical (unpaired) electrons. The van der Waals surface area contributed by atoms with Gasteiger partial charge in [-0.1, -0.05) is 22.9 Å². The molecule has 0 spiro atoms. The smallest absolute Gasteiger partial charge is 0.272 e. The Bertz CT molecular complexity index is 822. The van der Waals surface area contributed by atoms with Crippen LogP contribution in [0.4, 0.5) is 15.8 Å². The molecule has 0 saturated carbocycles. The van der Waals surface area contributed by atoms with Crippen molar-refractivity contribution in [3.05, 3.63) is 44.3 Å². The number of aromatic nitrogens is 1. The Morgan fingerprint density at radius 3 is 2.67 bits per heavy atom. The van der Waals surface area contributed by atoms with Crippen LogP contribution in [-0.2, 0) is 10.0 Å². The summed E-state index contributed by atoms with van der Waals surface area (Å²) in [5.41, 5.74) is -0.881. The van der Waals surface area contributed by atoms with Gasteiger partial charge in [0.1, 0.15) is 11.5 Å². The van der Waals surface area contributed by atoms with E-state index in [9.17, 15) is 22.9 Å². The van der Waals surface area contributed by atoms with Crippen molar-refractivity contribution in [3.8, 4) is 0 Å². The number of halogens is 2. The van der Waals surface area contributed by atoms with Crippen molar-refractivity contribution in [2.24, 2.45) is 0 Å². The zero-order valence-electron chi connectivity index (χ0n) is 10.3. The van der Waals surface area contributed by atoms with Crippen molar-refractivity contribution in [1.29, 1.82) is 0 Å². The van der Waals surface area contributed by atoms with Crippen molar-refractivity contribution in [2.45, 2.75) is 11.1 Å². The van der Waals surface area contributed by atoms with Gasteiger partial charge in [0.05, 0.1) is 10.6 Å². The molecule has 2 rings (SSSR count). The standard InChI is InChI=1S/C10H7ClFN3O4S2/c1-5-9(20-10(11)13-5)21(18,19)14-7-4-6(12)2-3-8(7)15(16)17/h2-4,14H,1H3. The van der Waals surface area contributed by atoms with Crippen LogP contribution in [0.2, 0.25) is 4.47 Å². The van der Waals surface area contributed by atoms with Crippen molar-refractivity contribution in [1.82, 2.24) is 4.98 Å². The second kappa shape index (κ2) is 5.54. The molecule has 0 unspecified atom stereocenters. The number of aryl methyl sites for hydroxylation is 1. The number of nitrogens with one attached hydrogen (secondary N) is 1. The molecule has 0 aliphatic heterocycles. The number of nitro groups is 1. The van der Waals surface area contributed by atoms with E-state index in [1.54, 1.807) is 0 Å². The summed E-state index contributed by atoms with van der Waals surface area (Å²) in [5.74, 6) is -0.808.